The molecule has 0 fully saturated rings. The van der Waals surface area contributed by atoms with E-state index in [9.17, 15) is 4.79 Å². The predicted octanol–water partition coefficient (Wildman–Crippen LogP) is 4.91. The van der Waals surface area contributed by atoms with Gasteiger partial charge in [-0.1, -0.05) is 49.4 Å². The molecule has 0 radical (unpaired) electrons. The predicted molar refractivity (Wildman–Crippen MR) is 103 cm³/mol. The fraction of sp³-hybridized carbons (Fsp3) is 0.190. The van der Waals surface area contributed by atoms with Crippen LogP contribution in [-0.4, -0.2) is 4.57 Å². The molecule has 0 aliphatic carbocycles. The SMILES string of the molecule is CCc1c(SCc2ccccc2)cccc1-c1cccn(C)c1=O. The Bertz CT molecular complexity index is 884. The lowest BCUT2D eigenvalue weighted by Gasteiger charge is -2.14. The number of rotatable bonds is 5. The first kappa shape index (κ1) is 16.6. The quantitative estimate of drug-likeness (QED) is 0.618. The van der Waals surface area contributed by atoms with Gasteiger partial charge in [0.2, 0.25) is 0 Å². The fourth-order valence-electron chi connectivity index (χ4n) is 2.86. The van der Waals surface area contributed by atoms with Gasteiger partial charge in [-0.3, -0.25) is 4.79 Å². The van der Waals surface area contributed by atoms with Crippen LogP contribution in [0.3, 0.4) is 0 Å². The van der Waals surface area contributed by atoms with Gasteiger partial charge in [0.25, 0.3) is 5.56 Å². The van der Waals surface area contributed by atoms with Crippen molar-refractivity contribution in [3.05, 3.63) is 88.3 Å². The van der Waals surface area contributed by atoms with Crippen LogP contribution in [0.1, 0.15) is 18.1 Å². The number of benzene rings is 2. The zero-order valence-corrected chi connectivity index (χ0v) is 14.8. The lowest BCUT2D eigenvalue weighted by Crippen LogP contribution is -2.17. The Kier molecular flexibility index (Phi) is 5.21. The topological polar surface area (TPSA) is 22.0 Å². The molecule has 3 heteroatoms. The number of nitrogens with zero attached hydrogens (tertiary/aromatic N) is 1. The molecule has 0 aliphatic heterocycles. The van der Waals surface area contributed by atoms with E-state index in [1.54, 1.807) is 17.8 Å². The van der Waals surface area contributed by atoms with Gasteiger partial charge < -0.3 is 4.57 Å². The van der Waals surface area contributed by atoms with Gasteiger partial charge >= 0.3 is 0 Å². The van der Waals surface area contributed by atoms with Gasteiger partial charge in [0.1, 0.15) is 0 Å². The molecule has 0 amide bonds. The van der Waals surface area contributed by atoms with Crippen LogP contribution < -0.4 is 5.56 Å². The molecule has 2 aromatic carbocycles. The average molecular weight is 335 g/mol. The van der Waals surface area contributed by atoms with E-state index in [4.69, 9.17) is 0 Å². The van der Waals surface area contributed by atoms with Crippen molar-refractivity contribution in [2.45, 2.75) is 24.0 Å². The lowest BCUT2D eigenvalue weighted by molar-refractivity contribution is 0.862. The summed E-state index contributed by atoms with van der Waals surface area (Å²) in [5.41, 5.74) is 4.44. The molecule has 0 N–H and O–H groups in total. The van der Waals surface area contributed by atoms with E-state index >= 15 is 0 Å². The molecule has 0 saturated heterocycles. The number of pyridine rings is 1. The normalized spacial score (nSPS) is 10.8. The van der Waals surface area contributed by atoms with Crippen molar-refractivity contribution in [3.63, 3.8) is 0 Å². The second-order valence-electron chi connectivity index (χ2n) is 5.75. The zero-order valence-electron chi connectivity index (χ0n) is 14.0. The molecule has 0 saturated carbocycles. The highest BCUT2D eigenvalue weighted by Gasteiger charge is 2.12. The van der Waals surface area contributed by atoms with E-state index in [2.05, 4.69) is 43.3 Å². The summed E-state index contributed by atoms with van der Waals surface area (Å²) in [6, 6.07) is 20.6. The smallest absolute Gasteiger partial charge is 0.258 e. The summed E-state index contributed by atoms with van der Waals surface area (Å²) in [6.45, 7) is 2.15. The van der Waals surface area contributed by atoms with Crippen molar-refractivity contribution in [2.24, 2.45) is 7.05 Å². The average Bonchev–Trinajstić information content (AvgIpc) is 2.63. The van der Waals surface area contributed by atoms with E-state index in [1.165, 1.54) is 16.0 Å². The molecular weight excluding hydrogens is 314 g/mol. The Morgan fingerprint density at radius 3 is 2.42 bits per heavy atom. The van der Waals surface area contributed by atoms with Crippen LogP contribution in [-0.2, 0) is 19.2 Å². The van der Waals surface area contributed by atoms with E-state index < -0.39 is 0 Å². The van der Waals surface area contributed by atoms with Gasteiger partial charge in [-0.25, -0.2) is 0 Å². The van der Waals surface area contributed by atoms with Gasteiger partial charge in [-0.2, -0.15) is 0 Å². The van der Waals surface area contributed by atoms with Gasteiger partial charge in [0.05, 0.1) is 0 Å². The Hall–Kier alpha value is -2.26. The van der Waals surface area contributed by atoms with Crippen molar-refractivity contribution in [1.82, 2.24) is 4.57 Å². The minimum atomic E-state index is 0.0532. The highest BCUT2D eigenvalue weighted by atomic mass is 32.2. The molecule has 0 bridgehead atoms. The third kappa shape index (κ3) is 3.46. The number of hydrogen-bond donors (Lipinski definition) is 0. The first-order valence-electron chi connectivity index (χ1n) is 8.15. The van der Waals surface area contributed by atoms with Crippen LogP contribution in [0.25, 0.3) is 11.1 Å². The summed E-state index contributed by atoms with van der Waals surface area (Å²) in [5.74, 6) is 0.935. The summed E-state index contributed by atoms with van der Waals surface area (Å²) < 4.78 is 1.64. The molecule has 1 aromatic heterocycles. The number of aromatic nitrogens is 1. The molecule has 3 rings (SSSR count). The monoisotopic (exact) mass is 335 g/mol. The van der Waals surface area contributed by atoms with Gasteiger partial charge in [0.15, 0.2) is 0 Å². The summed E-state index contributed by atoms with van der Waals surface area (Å²) >= 11 is 1.83. The van der Waals surface area contributed by atoms with E-state index in [1.807, 2.05) is 36.0 Å². The third-order valence-electron chi connectivity index (χ3n) is 4.14. The van der Waals surface area contributed by atoms with E-state index in [0.717, 1.165) is 23.3 Å². The van der Waals surface area contributed by atoms with Crippen LogP contribution >= 0.6 is 11.8 Å². The molecule has 24 heavy (non-hydrogen) atoms. The molecule has 1 heterocycles. The summed E-state index contributed by atoms with van der Waals surface area (Å²) in [7, 11) is 1.80. The summed E-state index contributed by atoms with van der Waals surface area (Å²) in [5, 5.41) is 0. The van der Waals surface area contributed by atoms with Gasteiger partial charge in [0, 0.05) is 29.5 Å². The molecule has 3 aromatic rings. The van der Waals surface area contributed by atoms with Crippen molar-refractivity contribution in [2.75, 3.05) is 0 Å². The molecule has 122 valence electrons. The maximum absolute atomic E-state index is 12.5. The van der Waals surface area contributed by atoms with E-state index in [0.29, 0.717) is 0 Å². The maximum Gasteiger partial charge on any atom is 0.258 e. The van der Waals surface area contributed by atoms with Crippen molar-refractivity contribution < 1.29 is 0 Å². The first-order chi connectivity index (χ1) is 11.7. The Balaban J connectivity index is 1.97. The van der Waals surface area contributed by atoms with Crippen LogP contribution in [0.15, 0.2) is 76.6 Å². The third-order valence-corrected chi connectivity index (χ3v) is 5.31. The fourth-order valence-corrected chi connectivity index (χ4v) is 3.97. The molecule has 0 unspecified atom stereocenters. The Morgan fingerprint density at radius 1 is 0.917 bits per heavy atom. The minimum Gasteiger partial charge on any atom is -0.318 e. The van der Waals surface area contributed by atoms with Gasteiger partial charge in [-0.15, -0.1) is 11.8 Å². The molecule has 2 nitrogen and oxygen atoms in total. The van der Waals surface area contributed by atoms with Crippen LogP contribution in [0.4, 0.5) is 0 Å². The second kappa shape index (κ2) is 7.54. The highest BCUT2D eigenvalue weighted by Crippen LogP contribution is 2.32. The first-order valence-corrected chi connectivity index (χ1v) is 9.14. The Labute approximate surface area is 147 Å². The summed E-state index contributed by atoms with van der Waals surface area (Å²) in [6.07, 6.45) is 2.71. The lowest BCUT2D eigenvalue weighted by atomic mass is 9.99. The zero-order chi connectivity index (χ0) is 16.9. The largest absolute Gasteiger partial charge is 0.318 e. The number of aryl methyl sites for hydroxylation is 1. The minimum absolute atomic E-state index is 0.0532. The van der Waals surface area contributed by atoms with Crippen molar-refractivity contribution >= 4 is 11.8 Å². The van der Waals surface area contributed by atoms with Crippen molar-refractivity contribution in [3.8, 4) is 11.1 Å². The molecule has 0 atom stereocenters. The van der Waals surface area contributed by atoms with Crippen LogP contribution in [0, 0.1) is 0 Å². The molecule has 0 aliphatic rings. The van der Waals surface area contributed by atoms with Crippen molar-refractivity contribution in [1.29, 1.82) is 0 Å². The second-order valence-corrected chi connectivity index (χ2v) is 6.77. The van der Waals surface area contributed by atoms with Gasteiger partial charge in [-0.05, 0) is 41.3 Å². The van der Waals surface area contributed by atoms with Crippen LogP contribution in [0.2, 0.25) is 0 Å². The van der Waals surface area contributed by atoms with E-state index in [-0.39, 0.29) is 5.56 Å². The highest BCUT2D eigenvalue weighted by molar-refractivity contribution is 7.98. The standard InChI is InChI=1S/C21H21NOS/c1-3-17-18(19-12-8-14-22(2)21(19)23)11-7-13-20(17)24-15-16-9-5-4-6-10-16/h4-14H,3,15H2,1-2H3. The van der Waals surface area contributed by atoms with Crippen LogP contribution in [0.5, 0.6) is 0 Å². The molecular formula is C21H21NOS. The number of hydrogen-bond acceptors (Lipinski definition) is 2. The Morgan fingerprint density at radius 2 is 1.67 bits per heavy atom. The summed E-state index contributed by atoms with van der Waals surface area (Å²) in [4.78, 5) is 13.7. The molecule has 0 spiro atoms. The number of thioether (sulfide) groups is 1. The maximum atomic E-state index is 12.5.